The van der Waals surface area contributed by atoms with Gasteiger partial charge in [0.15, 0.2) is 0 Å². The van der Waals surface area contributed by atoms with Crippen molar-refractivity contribution in [3.8, 4) is 0 Å². The van der Waals surface area contributed by atoms with E-state index < -0.39 is 0 Å². The molecule has 0 aromatic heterocycles. The second-order valence-corrected chi connectivity index (χ2v) is 7.03. The predicted octanol–water partition coefficient (Wildman–Crippen LogP) is 3.69. The van der Waals surface area contributed by atoms with Crippen LogP contribution in [0.4, 0.5) is 11.4 Å². The van der Waals surface area contributed by atoms with Crippen molar-refractivity contribution >= 4 is 11.4 Å². The normalized spacial score (nSPS) is 19.3. The van der Waals surface area contributed by atoms with Gasteiger partial charge in [0.2, 0.25) is 0 Å². The zero-order valence-corrected chi connectivity index (χ0v) is 15.5. The van der Waals surface area contributed by atoms with Crippen LogP contribution < -0.4 is 10.6 Å². The zero-order chi connectivity index (χ0) is 19.9. The van der Waals surface area contributed by atoms with Gasteiger partial charge in [-0.25, -0.2) is 0 Å². The van der Waals surface area contributed by atoms with E-state index in [4.69, 9.17) is 0 Å². The van der Waals surface area contributed by atoms with Crippen molar-refractivity contribution in [2.75, 3.05) is 0 Å². The number of para-hydroxylation sites is 2. The summed E-state index contributed by atoms with van der Waals surface area (Å²) in [5, 5.41) is 29.3. The van der Waals surface area contributed by atoms with Gasteiger partial charge < -0.3 is 10.6 Å². The van der Waals surface area contributed by atoms with E-state index in [1.807, 2.05) is 0 Å². The Bertz CT molecular complexity index is 773. The summed E-state index contributed by atoms with van der Waals surface area (Å²) in [4.78, 5) is 21.7. The van der Waals surface area contributed by atoms with Gasteiger partial charge in [0.25, 0.3) is 11.4 Å². The number of rotatable bonds is 8. The first-order valence-corrected chi connectivity index (χ1v) is 9.47. The summed E-state index contributed by atoms with van der Waals surface area (Å²) in [6.07, 6.45) is 4.13. The minimum Gasteiger partial charge on any atom is -0.308 e. The third-order valence-electron chi connectivity index (χ3n) is 5.25. The summed E-state index contributed by atoms with van der Waals surface area (Å²) in [5.41, 5.74) is 1.57. The summed E-state index contributed by atoms with van der Waals surface area (Å²) in [5.74, 6) is 0. The average molecular weight is 384 g/mol. The van der Waals surface area contributed by atoms with Gasteiger partial charge >= 0.3 is 0 Å². The van der Waals surface area contributed by atoms with Gasteiger partial charge in [-0.3, -0.25) is 20.2 Å². The highest BCUT2D eigenvalue weighted by atomic mass is 16.6. The smallest absolute Gasteiger partial charge is 0.273 e. The van der Waals surface area contributed by atoms with Gasteiger partial charge in [0, 0.05) is 48.4 Å². The summed E-state index contributed by atoms with van der Waals surface area (Å²) >= 11 is 0. The molecule has 148 valence electrons. The monoisotopic (exact) mass is 384 g/mol. The number of nitrogens with one attached hydrogen (secondary N) is 2. The first kappa shape index (κ1) is 19.9. The third-order valence-corrected chi connectivity index (χ3v) is 5.25. The van der Waals surface area contributed by atoms with Crippen LogP contribution in [-0.4, -0.2) is 21.9 Å². The highest BCUT2D eigenvalue weighted by Gasteiger charge is 2.26. The van der Waals surface area contributed by atoms with Gasteiger partial charge in [-0.15, -0.1) is 0 Å². The lowest BCUT2D eigenvalue weighted by molar-refractivity contribution is -0.385. The quantitative estimate of drug-likeness (QED) is 0.530. The molecule has 1 fully saturated rings. The molecule has 0 saturated heterocycles. The lowest BCUT2D eigenvalue weighted by Gasteiger charge is -2.33. The van der Waals surface area contributed by atoms with Crippen LogP contribution >= 0.6 is 0 Å². The summed E-state index contributed by atoms with van der Waals surface area (Å²) in [6.45, 7) is 0.844. The van der Waals surface area contributed by atoms with E-state index in [0.717, 1.165) is 25.7 Å². The Morgan fingerprint density at radius 2 is 1.14 bits per heavy atom. The number of hydrogen-bond acceptors (Lipinski definition) is 6. The van der Waals surface area contributed by atoms with Crippen molar-refractivity contribution in [1.82, 2.24) is 10.6 Å². The molecule has 0 aliphatic heterocycles. The Kier molecular flexibility index (Phi) is 6.67. The van der Waals surface area contributed by atoms with Crippen molar-refractivity contribution < 1.29 is 9.85 Å². The van der Waals surface area contributed by atoms with Crippen molar-refractivity contribution in [3.05, 3.63) is 79.9 Å². The highest BCUT2D eigenvalue weighted by Crippen LogP contribution is 2.23. The van der Waals surface area contributed by atoms with Gasteiger partial charge in [-0.1, -0.05) is 49.2 Å². The molecule has 2 unspecified atom stereocenters. The molecule has 0 heterocycles. The second kappa shape index (κ2) is 9.38. The molecule has 2 N–H and O–H groups in total. The summed E-state index contributed by atoms with van der Waals surface area (Å²) < 4.78 is 0. The third kappa shape index (κ3) is 4.90. The molecule has 3 rings (SSSR count). The lowest BCUT2D eigenvalue weighted by atomic mass is 9.90. The SMILES string of the molecule is O=[N+]([O-])c1ccccc1CNC1CCCCC1NCc1ccccc1[N+](=O)[O-]. The maximum Gasteiger partial charge on any atom is 0.273 e. The van der Waals surface area contributed by atoms with Crippen LogP contribution in [0.3, 0.4) is 0 Å². The van der Waals surface area contributed by atoms with Crippen molar-refractivity contribution in [2.24, 2.45) is 0 Å². The molecule has 0 amide bonds. The number of benzene rings is 2. The molecule has 1 aliphatic carbocycles. The Hall–Kier alpha value is -2.84. The fourth-order valence-electron chi connectivity index (χ4n) is 3.78. The molecule has 1 aliphatic rings. The molecule has 8 heteroatoms. The standard InChI is InChI=1S/C20H24N4O4/c25-23(26)19-11-5-1-7-15(19)13-21-17-9-3-4-10-18(17)22-14-16-8-2-6-12-20(16)24(27)28/h1-2,5-8,11-12,17-18,21-22H,3-4,9-10,13-14H2. The molecule has 2 atom stereocenters. The van der Waals surface area contributed by atoms with Crippen LogP contribution in [0.25, 0.3) is 0 Å². The van der Waals surface area contributed by atoms with E-state index >= 15 is 0 Å². The molecule has 0 radical (unpaired) electrons. The van der Waals surface area contributed by atoms with E-state index in [-0.39, 0.29) is 33.3 Å². The largest absolute Gasteiger partial charge is 0.308 e. The first-order chi connectivity index (χ1) is 13.6. The topological polar surface area (TPSA) is 110 Å². The van der Waals surface area contributed by atoms with Crippen molar-refractivity contribution in [2.45, 2.75) is 50.9 Å². The fourth-order valence-corrected chi connectivity index (χ4v) is 3.78. The van der Waals surface area contributed by atoms with Gasteiger partial charge in [-0.2, -0.15) is 0 Å². The number of nitro groups is 2. The highest BCUT2D eigenvalue weighted by molar-refractivity contribution is 5.40. The van der Waals surface area contributed by atoms with E-state index in [9.17, 15) is 20.2 Å². The molecule has 1 saturated carbocycles. The van der Waals surface area contributed by atoms with E-state index in [1.54, 1.807) is 36.4 Å². The van der Waals surface area contributed by atoms with E-state index in [2.05, 4.69) is 10.6 Å². The second-order valence-electron chi connectivity index (χ2n) is 7.03. The van der Waals surface area contributed by atoms with Crippen molar-refractivity contribution in [1.29, 1.82) is 0 Å². The molecule has 8 nitrogen and oxygen atoms in total. The van der Waals surface area contributed by atoms with Gasteiger partial charge in [0.05, 0.1) is 9.85 Å². The Morgan fingerprint density at radius 1 is 0.750 bits per heavy atom. The van der Waals surface area contributed by atoms with Crippen LogP contribution in [-0.2, 0) is 13.1 Å². The van der Waals surface area contributed by atoms with Crippen LogP contribution in [0.15, 0.2) is 48.5 Å². The number of nitrogens with zero attached hydrogens (tertiary/aromatic N) is 2. The molecular weight excluding hydrogens is 360 g/mol. The number of nitro benzene ring substituents is 2. The zero-order valence-electron chi connectivity index (χ0n) is 15.5. The maximum atomic E-state index is 11.2. The molecule has 2 aromatic carbocycles. The van der Waals surface area contributed by atoms with Crippen LogP contribution in [0.1, 0.15) is 36.8 Å². The van der Waals surface area contributed by atoms with Crippen molar-refractivity contribution in [3.63, 3.8) is 0 Å². The fraction of sp³-hybridized carbons (Fsp3) is 0.400. The van der Waals surface area contributed by atoms with Crippen LogP contribution in [0.5, 0.6) is 0 Å². The number of hydrogen-bond donors (Lipinski definition) is 2. The molecule has 0 bridgehead atoms. The minimum absolute atomic E-state index is 0.121. The summed E-state index contributed by atoms with van der Waals surface area (Å²) in [7, 11) is 0. The molecule has 28 heavy (non-hydrogen) atoms. The van der Waals surface area contributed by atoms with Crippen LogP contribution in [0.2, 0.25) is 0 Å². The Labute approximate surface area is 163 Å². The average Bonchev–Trinajstić information content (AvgIpc) is 2.71. The maximum absolute atomic E-state index is 11.2. The van der Waals surface area contributed by atoms with Crippen LogP contribution in [0, 0.1) is 20.2 Å². The Morgan fingerprint density at radius 3 is 1.54 bits per heavy atom. The minimum atomic E-state index is -0.359. The predicted molar refractivity (Wildman–Crippen MR) is 106 cm³/mol. The van der Waals surface area contributed by atoms with Gasteiger partial charge in [-0.05, 0) is 12.8 Å². The first-order valence-electron chi connectivity index (χ1n) is 9.47. The molecule has 0 spiro atoms. The Balaban J connectivity index is 1.63. The van der Waals surface area contributed by atoms with E-state index in [0.29, 0.717) is 24.2 Å². The van der Waals surface area contributed by atoms with Gasteiger partial charge in [0.1, 0.15) is 0 Å². The molecular formula is C20H24N4O4. The summed E-state index contributed by atoms with van der Waals surface area (Å²) in [6, 6.07) is 13.8. The van der Waals surface area contributed by atoms with E-state index in [1.165, 1.54) is 12.1 Å². The lowest BCUT2D eigenvalue weighted by Crippen LogP contribution is -2.49. The molecule has 2 aromatic rings.